The molecule has 8 heteroatoms. The largest absolute Gasteiger partial charge is 0.492 e. The Balaban J connectivity index is 1.19. The number of nitrogens with zero attached hydrogens (tertiary/aromatic N) is 1. The van der Waals surface area contributed by atoms with Crippen LogP contribution in [0.4, 0.5) is 11.4 Å². The maximum absolute atomic E-state index is 13.3. The third kappa shape index (κ3) is 5.55. The number of rotatable bonds is 8. The van der Waals surface area contributed by atoms with Gasteiger partial charge in [0.1, 0.15) is 5.75 Å². The van der Waals surface area contributed by atoms with E-state index in [1.807, 2.05) is 25.1 Å². The Morgan fingerprint density at radius 3 is 2.31 bits per heavy atom. The second-order valence-corrected chi connectivity index (χ2v) is 9.75. The van der Waals surface area contributed by atoms with Crippen molar-refractivity contribution in [1.82, 2.24) is 0 Å². The van der Waals surface area contributed by atoms with Gasteiger partial charge in [0, 0.05) is 0 Å². The van der Waals surface area contributed by atoms with Crippen LogP contribution < -0.4 is 15.0 Å². The van der Waals surface area contributed by atoms with Crippen LogP contribution in [0.25, 0.3) is 0 Å². The summed E-state index contributed by atoms with van der Waals surface area (Å²) in [7, 11) is 0. The second kappa shape index (κ2) is 11.5. The zero-order chi connectivity index (χ0) is 27.4. The lowest BCUT2D eigenvalue weighted by atomic mass is 9.73. The van der Waals surface area contributed by atoms with Crippen molar-refractivity contribution in [1.29, 1.82) is 0 Å². The number of ether oxygens (including phenoxy) is 2. The van der Waals surface area contributed by atoms with E-state index in [0.717, 1.165) is 6.42 Å². The van der Waals surface area contributed by atoms with E-state index in [1.54, 1.807) is 36.4 Å². The van der Waals surface area contributed by atoms with E-state index in [0.29, 0.717) is 36.6 Å². The van der Waals surface area contributed by atoms with Crippen molar-refractivity contribution < 1.29 is 28.7 Å². The molecule has 1 heterocycles. The average molecular weight is 527 g/mol. The molecule has 3 aromatic rings. The molecular formula is C31H30N2O6. The molecular weight excluding hydrogens is 496 g/mol. The molecule has 39 heavy (non-hydrogen) atoms. The molecule has 1 saturated carbocycles. The van der Waals surface area contributed by atoms with Gasteiger partial charge in [-0.3, -0.25) is 19.3 Å². The summed E-state index contributed by atoms with van der Waals surface area (Å²) >= 11 is 0. The maximum atomic E-state index is 13.3. The number of anilines is 2. The number of para-hydroxylation sites is 2. The van der Waals surface area contributed by atoms with E-state index >= 15 is 0 Å². The van der Waals surface area contributed by atoms with Crippen LogP contribution in [-0.4, -0.2) is 36.9 Å². The fourth-order valence-corrected chi connectivity index (χ4v) is 5.46. The third-order valence-corrected chi connectivity index (χ3v) is 7.35. The van der Waals surface area contributed by atoms with Crippen molar-refractivity contribution in [3.05, 3.63) is 90.0 Å². The fourth-order valence-electron chi connectivity index (χ4n) is 5.46. The first-order valence-corrected chi connectivity index (χ1v) is 13.2. The van der Waals surface area contributed by atoms with Gasteiger partial charge in [0.05, 0.1) is 35.4 Å². The molecule has 1 aliphatic heterocycles. The molecule has 0 unspecified atom stereocenters. The van der Waals surface area contributed by atoms with E-state index < -0.39 is 18.5 Å². The zero-order valence-electron chi connectivity index (χ0n) is 21.7. The van der Waals surface area contributed by atoms with Crippen LogP contribution >= 0.6 is 0 Å². The Hall–Kier alpha value is -4.46. The molecule has 1 saturated heterocycles. The van der Waals surface area contributed by atoms with Gasteiger partial charge in [-0.15, -0.1) is 0 Å². The summed E-state index contributed by atoms with van der Waals surface area (Å²) in [5.74, 6) is -1.44. The van der Waals surface area contributed by atoms with E-state index in [4.69, 9.17) is 9.47 Å². The van der Waals surface area contributed by atoms with Gasteiger partial charge in [-0.05, 0) is 74.1 Å². The molecule has 5 rings (SSSR count). The predicted molar refractivity (Wildman–Crippen MR) is 145 cm³/mol. The lowest BCUT2D eigenvalue weighted by Crippen LogP contribution is -2.30. The Morgan fingerprint density at radius 1 is 0.872 bits per heavy atom. The number of carbonyl (C=O) groups is 4. The molecule has 200 valence electrons. The van der Waals surface area contributed by atoms with Crippen LogP contribution in [0, 0.1) is 11.8 Å². The number of hydrogen-bond donors (Lipinski definition) is 1. The molecule has 2 aliphatic rings. The predicted octanol–water partition coefficient (Wildman–Crippen LogP) is 4.95. The van der Waals surface area contributed by atoms with E-state index in [9.17, 15) is 19.2 Å². The first-order chi connectivity index (χ1) is 19.0. The normalized spacial score (nSPS) is 20.3. The summed E-state index contributed by atoms with van der Waals surface area (Å²) in [5.41, 5.74) is 2.32. The molecule has 3 aromatic carbocycles. The van der Waals surface area contributed by atoms with Crippen LogP contribution in [0.1, 0.15) is 48.0 Å². The van der Waals surface area contributed by atoms with Crippen molar-refractivity contribution in [3.63, 3.8) is 0 Å². The highest BCUT2D eigenvalue weighted by Gasteiger charge is 2.50. The van der Waals surface area contributed by atoms with E-state index in [-0.39, 0.29) is 35.1 Å². The topological polar surface area (TPSA) is 102 Å². The average Bonchev–Trinajstić information content (AvgIpc) is 3.22. The molecule has 3 amide bonds. The van der Waals surface area contributed by atoms with Crippen molar-refractivity contribution in [3.8, 4) is 5.75 Å². The molecule has 2 fully saturated rings. The minimum absolute atomic E-state index is 0.184. The standard InChI is InChI=1S/C31H30N2O6/c1-2-38-27-11-7-6-10-26(27)32-28(34)19-39-31(37)21-12-15-23(16-13-21)33-29(35)24-17-14-22(18-25(24)30(33)36)20-8-4-3-5-9-20/h3-13,15-16,22,24-25H,2,14,17-19H2,1H3,(H,32,34)/t22-,24-,25-/m1/s1. The summed E-state index contributed by atoms with van der Waals surface area (Å²) in [4.78, 5) is 52.6. The number of imide groups is 1. The summed E-state index contributed by atoms with van der Waals surface area (Å²) < 4.78 is 10.6. The Morgan fingerprint density at radius 2 is 1.56 bits per heavy atom. The van der Waals surface area contributed by atoms with Crippen LogP contribution in [0.15, 0.2) is 78.9 Å². The molecule has 0 aromatic heterocycles. The van der Waals surface area contributed by atoms with Gasteiger partial charge in [-0.2, -0.15) is 0 Å². The lowest BCUT2D eigenvalue weighted by Gasteiger charge is -2.28. The van der Waals surface area contributed by atoms with Crippen LogP contribution in [0.5, 0.6) is 5.75 Å². The highest BCUT2D eigenvalue weighted by atomic mass is 16.5. The van der Waals surface area contributed by atoms with Gasteiger partial charge < -0.3 is 14.8 Å². The zero-order valence-corrected chi connectivity index (χ0v) is 21.7. The number of amides is 3. The van der Waals surface area contributed by atoms with Crippen molar-refractivity contribution in [2.45, 2.75) is 32.1 Å². The molecule has 3 atom stereocenters. The monoisotopic (exact) mass is 526 g/mol. The van der Waals surface area contributed by atoms with Crippen LogP contribution in [0.2, 0.25) is 0 Å². The Bertz CT molecular complexity index is 1370. The summed E-state index contributed by atoms with van der Waals surface area (Å²) in [6, 6.07) is 23.2. The van der Waals surface area contributed by atoms with Gasteiger partial charge in [-0.25, -0.2) is 4.79 Å². The van der Waals surface area contributed by atoms with Crippen molar-refractivity contribution >= 4 is 35.1 Å². The van der Waals surface area contributed by atoms with Gasteiger partial charge >= 0.3 is 5.97 Å². The number of nitrogens with one attached hydrogen (secondary N) is 1. The molecule has 1 N–H and O–H groups in total. The maximum Gasteiger partial charge on any atom is 0.338 e. The van der Waals surface area contributed by atoms with Crippen LogP contribution in [-0.2, 0) is 19.1 Å². The molecule has 0 radical (unpaired) electrons. The van der Waals surface area contributed by atoms with E-state index in [1.165, 1.54) is 22.6 Å². The first kappa shape index (κ1) is 26.2. The van der Waals surface area contributed by atoms with Gasteiger partial charge in [0.2, 0.25) is 11.8 Å². The number of carbonyl (C=O) groups excluding carboxylic acids is 4. The van der Waals surface area contributed by atoms with Crippen LogP contribution in [0.3, 0.4) is 0 Å². The first-order valence-electron chi connectivity index (χ1n) is 13.2. The van der Waals surface area contributed by atoms with Gasteiger partial charge in [-0.1, -0.05) is 42.5 Å². The highest BCUT2D eigenvalue weighted by Crippen LogP contribution is 2.45. The SMILES string of the molecule is CCOc1ccccc1NC(=O)COC(=O)c1ccc(N2C(=O)[C@@H]3CC[C@@H](c4ccccc4)C[C@H]3C2=O)cc1. The Kier molecular flexibility index (Phi) is 7.72. The smallest absolute Gasteiger partial charge is 0.338 e. The minimum Gasteiger partial charge on any atom is -0.492 e. The molecule has 1 aliphatic carbocycles. The minimum atomic E-state index is -0.687. The molecule has 0 bridgehead atoms. The molecule has 0 spiro atoms. The van der Waals surface area contributed by atoms with Gasteiger partial charge in [0.15, 0.2) is 6.61 Å². The quantitative estimate of drug-likeness (QED) is 0.329. The fraction of sp³-hybridized carbons (Fsp3) is 0.290. The third-order valence-electron chi connectivity index (χ3n) is 7.35. The lowest BCUT2D eigenvalue weighted by molar-refractivity contribution is -0.122. The second-order valence-electron chi connectivity index (χ2n) is 9.75. The molecule has 8 nitrogen and oxygen atoms in total. The number of esters is 1. The summed E-state index contributed by atoms with van der Waals surface area (Å²) in [5, 5.41) is 2.67. The number of fused-ring (bicyclic) bond motifs is 1. The Labute approximate surface area is 226 Å². The summed E-state index contributed by atoms with van der Waals surface area (Å²) in [6.45, 7) is 1.81. The number of hydrogen-bond acceptors (Lipinski definition) is 6. The number of benzene rings is 3. The summed E-state index contributed by atoms with van der Waals surface area (Å²) in [6.07, 6.45) is 2.19. The van der Waals surface area contributed by atoms with E-state index in [2.05, 4.69) is 17.4 Å². The highest BCUT2D eigenvalue weighted by molar-refractivity contribution is 6.22. The van der Waals surface area contributed by atoms with Crippen molar-refractivity contribution in [2.24, 2.45) is 11.8 Å². The van der Waals surface area contributed by atoms with Crippen molar-refractivity contribution in [2.75, 3.05) is 23.4 Å². The van der Waals surface area contributed by atoms with Gasteiger partial charge in [0.25, 0.3) is 5.91 Å².